The predicted molar refractivity (Wildman–Crippen MR) is 164 cm³/mol. The van der Waals surface area contributed by atoms with E-state index in [1.54, 1.807) is 18.2 Å². The molecular weight excluding hydrogens is 614 g/mol. The first-order valence-corrected chi connectivity index (χ1v) is 14.9. The van der Waals surface area contributed by atoms with Crippen molar-refractivity contribution < 1.29 is 14.4 Å². The monoisotopic (exact) mass is 634 g/mol. The summed E-state index contributed by atoms with van der Waals surface area (Å²) in [7, 11) is 0. The summed E-state index contributed by atoms with van der Waals surface area (Å²) in [4.78, 5) is 41.5. The van der Waals surface area contributed by atoms with Gasteiger partial charge >= 0.3 is 0 Å². The number of likely N-dealkylation sites (tertiary alicyclic amines) is 1. The van der Waals surface area contributed by atoms with Gasteiger partial charge in [0.1, 0.15) is 15.8 Å². The summed E-state index contributed by atoms with van der Waals surface area (Å²) in [6.45, 7) is 0. The molecule has 3 aliphatic carbocycles. The van der Waals surface area contributed by atoms with Crippen LogP contribution in [-0.2, 0) is 30.6 Å². The molecule has 3 amide bonds. The normalized spacial score (nSPS) is 26.0. The minimum Gasteiger partial charge on any atom is -0.323 e. The van der Waals surface area contributed by atoms with Gasteiger partial charge in [0.05, 0.1) is 27.6 Å². The Kier molecular flexibility index (Phi) is 6.45. The molecule has 5 nitrogen and oxygen atoms in total. The van der Waals surface area contributed by atoms with Gasteiger partial charge in [0, 0.05) is 6.42 Å². The van der Waals surface area contributed by atoms with Crippen LogP contribution < -0.4 is 5.32 Å². The molecule has 0 saturated carbocycles. The Morgan fingerprint density at radius 3 is 1.69 bits per heavy atom. The van der Waals surface area contributed by atoms with Gasteiger partial charge < -0.3 is 5.32 Å². The van der Waals surface area contributed by atoms with Crippen molar-refractivity contribution in [3.05, 3.63) is 135 Å². The number of carbonyl (C=O) groups is 3. The van der Waals surface area contributed by atoms with E-state index in [1.807, 2.05) is 78.9 Å². The summed E-state index contributed by atoms with van der Waals surface area (Å²) in [5.74, 6) is -3.70. The fourth-order valence-electron chi connectivity index (χ4n) is 6.95. The third kappa shape index (κ3) is 3.67. The Morgan fingerprint density at radius 1 is 0.714 bits per heavy atom. The van der Waals surface area contributed by atoms with Crippen molar-refractivity contribution in [1.29, 1.82) is 0 Å². The molecule has 42 heavy (non-hydrogen) atoms. The van der Waals surface area contributed by atoms with Gasteiger partial charge in [-0.05, 0) is 39.9 Å². The zero-order chi connectivity index (χ0) is 29.4. The predicted octanol–water partition coefficient (Wildman–Crippen LogP) is 7.14. The van der Waals surface area contributed by atoms with Gasteiger partial charge in [0.25, 0.3) is 0 Å². The van der Waals surface area contributed by atoms with Crippen LogP contribution in [0.3, 0.4) is 0 Å². The standard InChI is InChI=1S/C33H22Cl4N2O3/c34-23-15-8-16-24(28(23)35)38-29(40)25(17-18-9-2-1-3-10-18)39-30(41)26-27(31(39)42)33(37)20-12-5-4-11-19(20)32(26,36)21-13-6-7-14-22(21)33/h1-16,25-27H,17H2,(H,38,40)/t25-,26-,27+,32?,33?/m0/s1. The first-order chi connectivity index (χ1) is 20.2. The van der Waals surface area contributed by atoms with Crippen LogP contribution in [0.25, 0.3) is 0 Å². The number of rotatable bonds is 5. The first kappa shape index (κ1) is 27.5. The smallest absolute Gasteiger partial charge is 0.248 e. The molecule has 3 atom stereocenters. The first-order valence-electron chi connectivity index (χ1n) is 13.4. The molecule has 0 spiro atoms. The lowest BCUT2D eigenvalue weighted by molar-refractivity contribution is -0.146. The van der Waals surface area contributed by atoms with Crippen LogP contribution in [0, 0.1) is 11.8 Å². The van der Waals surface area contributed by atoms with Crippen molar-refractivity contribution in [2.24, 2.45) is 11.8 Å². The SMILES string of the molecule is O=C(Nc1cccc(Cl)c1Cl)[C@H](Cc1ccccc1)N1C(=O)[C@@H]2[C@H](C1=O)C1(Cl)c3ccccc3C2(Cl)c2ccccc21. The molecular formula is C33H22Cl4N2O3. The molecule has 1 fully saturated rings. The fraction of sp³-hybridized carbons (Fsp3) is 0.182. The average molecular weight is 636 g/mol. The van der Waals surface area contributed by atoms with E-state index in [1.165, 1.54) is 0 Å². The highest BCUT2D eigenvalue weighted by Gasteiger charge is 2.73. The lowest BCUT2D eigenvalue weighted by Gasteiger charge is -2.54. The molecule has 1 saturated heterocycles. The zero-order valence-corrected chi connectivity index (χ0v) is 24.9. The lowest BCUT2D eigenvalue weighted by Crippen LogP contribution is -2.57. The minimum absolute atomic E-state index is 0.0756. The maximum atomic E-state index is 14.6. The third-order valence-electron chi connectivity index (χ3n) is 8.72. The van der Waals surface area contributed by atoms with Gasteiger partial charge in [-0.1, -0.05) is 108 Å². The number of amides is 3. The molecule has 0 unspecified atom stereocenters. The van der Waals surface area contributed by atoms with Crippen LogP contribution in [-0.4, -0.2) is 28.7 Å². The summed E-state index contributed by atoms with van der Waals surface area (Å²) in [6.07, 6.45) is 0.0756. The number of carbonyl (C=O) groups excluding carboxylic acids is 3. The number of alkyl halides is 2. The molecule has 1 heterocycles. The van der Waals surface area contributed by atoms with Crippen LogP contribution in [0.4, 0.5) is 5.69 Å². The highest BCUT2D eigenvalue weighted by Crippen LogP contribution is 2.69. The van der Waals surface area contributed by atoms with Crippen molar-refractivity contribution in [3.63, 3.8) is 0 Å². The van der Waals surface area contributed by atoms with Gasteiger partial charge in [0.15, 0.2) is 0 Å². The van der Waals surface area contributed by atoms with Gasteiger partial charge in [-0.3, -0.25) is 19.3 Å². The van der Waals surface area contributed by atoms with E-state index in [2.05, 4.69) is 5.32 Å². The Morgan fingerprint density at radius 2 is 1.19 bits per heavy atom. The highest BCUT2D eigenvalue weighted by atomic mass is 35.5. The maximum Gasteiger partial charge on any atom is 0.248 e. The number of halogens is 4. The highest BCUT2D eigenvalue weighted by molar-refractivity contribution is 6.44. The van der Waals surface area contributed by atoms with Crippen LogP contribution in [0.5, 0.6) is 0 Å². The summed E-state index contributed by atoms with van der Waals surface area (Å²) < 4.78 is 0. The number of hydrogen-bond donors (Lipinski definition) is 1. The molecule has 9 heteroatoms. The minimum atomic E-state index is -1.35. The summed E-state index contributed by atoms with van der Waals surface area (Å²) in [5.41, 5.74) is 3.81. The van der Waals surface area contributed by atoms with Crippen molar-refractivity contribution in [2.75, 3.05) is 5.32 Å². The third-order valence-corrected chi connectivity index (χ3v) is 10.8. The van der Waals surface area contributed by atoms with Crippen LogP contribution in [0.2, 0.25) is 10.0 Å². The van der Waals surface area contributed by atoms with Gasteiger partial charge in [-0.2, -0.15) is 0 Å². The van der Waals surface area contributed by atoms with Crippen molar-refractivity contribution in [2.45, 2.75) is 22.2 Å². The summed E-state index contributed by atoms with van der Waals surface area (Å²) in [5, 5.41) is 3.21. The van der Waals surface area contributed by atoms with E-state index < -0.39 is 45.3 Å². The number of benzene rings is 4. The van der Waals surface area contributed by atoms with E-state index in [9.17, 15) is 14.4 Å². The molecule has 4 aromatic carbocycles. The molecule has 4 aliphatic rings. The molecule has 1 aliphatic heterocycles. The lowest BCUT2D eigenvalue weighted by atomic mass is 9.54. The zero-order valence-electron chi connectivity index (χ0n) is 21.9. The van der Waals surface area contributed by atoms with E-state index >= 15 is 0 Å². The van der Waals surface area contributed by atoms with E-state index in [0.29, 0.717) is 22.3 Å². The molecule has 2 bridgehead atoms. The Bertz CT molecular complexity index is 1670. The van der Waals surface area contributed by atoms with E-state index in [4.69, 9.17) is 46.4 Å². The number of nitrogens with one attached hydrogen (secondary N) is 1. The Hall–Kier alpha value is -3.35. The van der Waals surface area contributed by atoms with Gasteiger partial charge in [-0.15, -0.1) is 23.2 Å². The van der Waals surface area contributed by atoms with Crippen LogP contribution >= 0.6 is 46.4 Å². The number of imide groups is 1. The van der Waals surface area contributed by atoms with Crippen LogP contribution in [0.15, 0.2) is 97.1 Å². The quantitative estimate of drug-likeness (QED) is 0.187. The second-order valence-corrected chi connectivity index (χ2v) is 12.8. The average Bonchev–Trinajstić information content (AvgIpc) is 3.28. The fourth-order valence-corrected chi connectivity index (χ4v) is 8.40. The molecule has 4 aromatic rings. The Labute approximate surface area is 262 Å². The molecule has 0 radical (unpaired) electrons. The number of anilines is 1. The van der Waals surface area contributed by atoms with Crippen LogP contribution in [0.1, 0.15) is 27.8 Å². The summed E-state index contributed by atoms with van der Waals surface area (Å²) >= 11 is 27.7. The van der Waals surface area contributed by atoms with E-state index in [0.717, 1.165) is 10.5 Å². The topological polar surface area (TPSA) is 66.5 Å². The van der Waals surface area contributed by atoms with Crippen molar-refractivity contribution >= 4 is 69.8 Å². The summed E-state index contributed by atoms with van der Waals surface area (Å²) in [6, 6.07) is 27.7. The molecule has 210 valence electrons. The maximum absolute atomic E-state index is 14.6. The molecule has 1 N–H and O–H groups in total. The van der Waals surface area contributed by atoms with E-state index in [-0.39, 0.29) is 22.2 Å². The van der Waals surface area contributed by atoms with Gasteiger partial charge in [-0.25, -0.2) is 0 Å². The largest absolute Gasteiger partial charge is 0.323 e. The molecule has 0 aromatic heterocycles. The number of hydrogen-bond acceptors (Lipinski definition) is 3. The van der Waals surface area contributed by atoms with Gasteiger partial charge in [0.2, 0.25) is 17.7 Å². The Balaban J connectivity index is 1.37. The second-order valence-electron chi connectivity index (χ2n) is 10.8. The number of nitrogens with zero attached hydrogens (tertiary/aromatic N) is 1. The second kappa shape index (κ2) is 9.85. The molecule has 8 rings (SSSR count). The van der Waals surface area contributed by atoms with Crippen molar-refractivity contribution in [1.82, 2.24) is 4.90 Å². The van der Waals surface area contributed by atoms with Crippen molar-refractivity contribution in [3.8, 4) is 0 Å².